The second kappa shape index (κ2) is 8.54. The molecule has 0 aliphatic rings. The molecule has 30 heavy (non-hydrogen) atoms. The third-order valence-corrected chi connectivity index (χ3v) is 5.05. The van der Waals surface area contributed by atoms with Crippen LogP contribution in [0.5, 0.6) is 5.75 Å². The molecule has 0 aliphatic carbocycles. The molecule has 1 unspecified atom stereocenters. The fourth-order valence-electron chi connectivity index (χ4n) is 3.30. The Morgan fingerprint density at radius 2 is 1.93 bits per heavy atom. The second-order valence-electron chi connectivity index (χ2n) is 6.55. The molecule has 3 aromatic rings. The van der Waals surface area contributed by atoms with Crippen molar-refractivity contribution in [2.75, 3.05) is 19.1 Å². The minimum Gasteiger partial charge on any atom is -0.489 e. The van der Waals surface area contributed by atoms with Gasteiger partial charge in [-0.15, -0.1) is 0 Å². The lowest BCUT2D eigenvalue weighted by atomic mass is 9.97. The molecule has 9 heteroatoms. The van der Waals surface area contributed by atoms with Crippen LogP contribution < -0.4 is 15.2 Å². The van der Waals surface area contributed by atoms with E-state index in [0.717, 1.165) is 5.56 Å². The molecule has 0 amide bonds. The number of ether oxygens (including phenoxy) is 1. The lowest BCUT2D eigenvalue weighted by molar-refractivity contribution is 0.0685. The summed E-state index contributed by atoms with van der Waals surface area (Å²) in [5.74, 6) is -2.21. The summed E-state index contributed by atoms with van der Waals surface area (Å²) in [4.78, 5) is 30.1. The van der Waals surface area contributed by atoms with Gasteiger partial charge < -0.3 is 14.7 Å². The van der Waals surface area contributed by atoms with Crippen LogP contribution in [-0.4, -0.2) is 34.8 Å². The van der Waals surface area contributed by atoms with E-state index in [1.165, 1.54) is 36.9 Å². The van der Waals surface area contributed by atoms with Crippen molar-refractivity contribution in [3.8, 4) is 5.75 Å². The van der Waals surface area contributed by atoms with Crippen LogP contribution in [0, 0.1) is 5.82 Å². The summed E-state index contributed by atoms with van der Waals surface area (Å²) in [6.07, 6.45) is 0. The lowest BCUT2D eigenvalue weighted by Crippen LogP contribution is -2.34. The smallest absolute Gasteiger partial charge is 0.358 e. The molecule has 0 saturated carbocycles. The Hall–Kier alpha value is -3.39. The molecule has 0 radical (unpaired) electrons. The Labute approximate surface area is 176 Å². The Bertz CT molecular complexity index is 1150. The van der Waals surface area contributed by atoms with E-state index in [1.54, 1.807) is 11.9 Å². The van der Waals surface area contributed by atoms with E-state index >= 15 is 0 Å². The molecule has 2 aromatic carbocycles. The van der Waals surface area contributed by atoms with E-state index in [1.807, 2.05) is 30.3 Å². The standard InChI is InChI=1S/C21H19ClFN3O4/c1-25(21-24-16(20(28)29)18(30-3)19(27)26(21)2)17(12-7-5-4-6-8-12)14-11-13(23)9-10-15(14)22/h4-11,17H,1-3H3,(H,28,29). The molecule has 0 aliphatic heterocycles. The van der Waals surface area contributed by atoms with Gasteiger partial charge in [0.25, 0.3) is 5.56 Å². The predicted octanol–water partition coefficient (Wildman–Crippen LogP) is 3.51. The maximum absolute atomic E-state index is 14.1. The van der Waals surface area contributed by atoms with Crippen molar-refractivity contribution in [2.24, 2.45) is 7.05 Å². The van der Waals surface area contributed by atoms with E-state index < -0.39 is 29.1 Å². The predicted molar refractivity (Wildman–Crippen MR) is 111 cm³/mol. The zero-order valence-corrected chi connectivity index (χ0v) is 17.2. The van der Waals surface area contributed by atoms with Crippen molar-refractivity contribution < 1.29 is 19.0 Å². The number of aromatic nitrogens is 2. The van der Waals surface area contributed by atoms with Crippen molar-refractivity contribution in [3.63, 3.8) is 0 Å². The zero-order valence-electron chi connectivity index (χ0n) is 16.5. The SMILES string of the molecule is COc1c(C(=O)O)nc(N(C)C(c2ccccc2)c2cc(F)ccc2Cl)n(C)c1=O. The summed E-state index contributed by atoms with van der Waals surface area (Å²) in [5.41, 5.74) is 0.00486. The van der Waals surface area contributed by atoms with E-state index in [9.17, 15) is 19.1 Å². The maximum Gasteiger partial charge on any atom is 0.358 e. The third-order valence-electron chi connectivity index (χ3n) is 4.70. The molecule has 0 fully saturated rings. The summed E-state index contributed by atoms with van der Waals surface area (Å²) in [5, 5.41) is 9.81. The number of nitrogens with zero attached hydrogens (tertiary/aromatic N) is 3. The van der Waals surface area contributed by atoms with Crippen LogP contribution in [0.4, 0.5) is 10.3 Å². The highest BCUT2D eigenvalue weighted by molar-refractivity contribution is 6.31. The van der Waals surface area contributed by atoms with Gasteiger partial charge in [0.15, 0.2) is 5.69 Å². The van der Waals surface area contributed by atoms with E-state index in [4.69, 9.17) is 16.3 Å². The van der Waals surface area contributed by atoms with Gasteiger partial charge in [-0.2, -0.15) is 0 Å². The normalized spacial score (nSPS) is 11.8. The van der Waals surface area contributed by atoms with Crippen LogP contribution in [-0.2, 0) is 7.05 Å². The average Bonchev–Trinajstić information content (AvgIpc) is 2.73. The van der Waals surface area contributed by atoms with Crippen LogP contribution in [0.2, 0.25) is 5.02 Å². The Morgan fingerprint density at radius 3 is 2.53 bits per heavy atom. The number of hydrogen-bond acceptors (Lipinski definition) is 5. The van der Waals surface area contributed by atoms with Gasteiger partial charge in [-0.25, -0.2) is 14.2 Å². The monoisotopic (exact) mass is 431 g/mol. The minimum absolute atomic E-state index is 0.0485. The van der Waals surface area contributed by atoms with Crippen LogP contribution in [0.25, 0.3) is 0 Å². The van der Waals surface area contributed by atoms with Crippen LogP contribution in [0.15, 0.2) is 53.3 Å². The first-order valence-corrected chi connectivity index (χ1v) is 9.25. The first-order valence-electron chi connectivity index (χ1n) is 8.87. The highest BCUT2D eigenvalue weighted by Gasteiger charge is 2.28. The molecule has 0 spiro atoms. The van der Waals surface area contributed by atoms with Gasteiger partial charge in [-0.05, 0) is 23.8 Å². The molecular formula is C21H19ClFN3O4. The maximum atomic E-state index is 14.1. The summed E-state index contributed by atoms with van der Waals surface area (Å²) in [6, 6.07) is 12.4. The number of aromatic carboxylic acids is 1. The number of anilines is 1. The van der Waals surface area contributed by atoms with Gasteiger partial charge in [0.2, 0.25) is 11.7 Å². The van der Waals surface area contributed by atoms with Gasteiger partial charge in [0.1, 0.15) is 5.82 Å². The van der Waals surface area contributed by atoms with Crippen LogP contribution in [0.3, 0.4) is 0 Å². The number of hydrogen-bond donors (Lipinski definition) is 1. The molecule has 3 rings (SSSR count). The summed E-state index contributed by atoms with van der Waals surface area (Å²) in [6.45, 7) is 0. The Morgan fingerprint density at radius 1 is 1.27 bits per heavy atom. The first kappa shape index (κ1) is 21.3. The van der Waals surface area contributed by atoms with E-state index in [2.05, 4.69) is 4.98 Å². The highest BCUT2D eigenvalue weighted by atomic mass is 35.5. The number of carboxylic acid groups (broad SMARTS) is 1. The summed E-state index contributed by atoms with van der Waals surface area (Å²) in [7, 11) is 4.27. The number of carboxylic acids is 1. The number of methoxy groups -OCH3 is 1. The number of rotatable bonds is 6. The largest absolute Gasteiger partial charge is 0.489 e. The fourth-order valence-corrected chi connectivity index (χ4v) is 3.52. The Kier molecular flexibility index (Phi) is 6.07. The van der Waals surface area contributed by atoms with Gasteiger partial charge >= 0.3 is 5.97 Å². The topological polar surface area (TPSA) is 84.7 Å². The fraction of sp³-hybridized carbons (Fsp3) is 0.190. The van der Waals surface area contributed by atoms with E-state index in [-0.39, 0.29) is 11.7 Å². The average molecular weight is 432 g/mol. The van der Waals surface area contributed by atoms with Crippen molar-refractivity contribution in [3.05, 3.63) is 86.5 Å². The molecule has 1 aromatic heterocycles. The number of benzene rings is 2. The van der Waals surface area contributed by atoms with Gasteiger partial charge in [-0.3, -0.25) is 9.36 Å². The number of halogens is 2. The van der Waals surface area contributed by atoms with Crippen LogP contribution in [0.1, 0.15) is 27.7 Å². The third kappa shape index (κ3) is 3.86. The zero-order chi connectivity index (χ0) is 22.0. The lowest BCUT2D eigenvalue weighted by Gasteiger charge is -2.31. The second-order valence-corrected chi connectivity index (χ2v) is 6.96. The van der Waals surface area contributed by atoms with Crippen molar-refractivity contribution >= 4 is 23.5 Å². The molecular weight excluding hydrogens is 413 g/mol. The molecule has 156 valence electrons. The Balaban J connectivity index is 2.27. The van der Waals surface area contributed by atoms with Crippen molar-refractivity contribution in [1.29, 1.82) is 0 Å². The van der Waals surface area contributed by atoms with Gasteiger partial charge in [-0.1, -0.05) is 41.9 Å². The van der Waals surface area contributed by atoms with Gasteiger partial charge in [0.05, 0.1) is 13.2 Å². The summed E-state index contributed by atoms with van der Waals surface area (Å²) < 4.78 is 20.2. The minimum atomic E-state index is -1.40. The molecule has 7 nitrogen and oxygen atoms in total. The van der Waals surface area contributed by atoms with E-state index in [0.29, 0.717) is 10.6 Å². The summed E-state index contributed by atoms with van der Waals surface area (Å²) >= 11 is 6.38. The van der Waals surface area contributed by atoms with Gasteiger partial charge in [0, 0.05) is 24.7 Å². The molecule has 1 heterocycles. The number of carbonyl (C=O) groups is 1. The van der Waals surface area contributed by atoms with Crippen molar-refractivity contribution in [1.82, 2.24) is 9.55 Å². The quantitative estimate of drug-likeness (QED) is 0.643. The molecule has 1 atom stereocenters. The highest BCUT2D eigenvalue weighted by Crippen LogP contribution is 2.35. The molecule has 0 bridgehead atoms. The molecule has 1 N–H and O–H groups in total. The van der Waals surface area contributed by atoms with Crippen LogP contribution >= 0.6 is 11.6 Å². The first-order chi connectivity index (χ1) is 14.3. The molecule has 0 saturated heterocycles. The van der Waals surface area contributed by atoms with Crippen molar-refractivity contribution in [2.45, 2.75) is 6.04 Å².